The van der Waals surface area contributed by atoms with Crippen LogP contribution in [0.25, 0.3) is 44.8 Å². The molecule has 2 saturated carbocycles. The van der Waals surface area contributed by atoms with Gasteiger partial charge in [-0.05, 0) is 80.0 Å². The molecule has 1 aliphatic heterocycles. The van der Waals surface area contributed by atoms with Gasteiger partial charge in [0, 0.05) is 59.8 Å². The third-order valence-electron chi connectivity index (χ3n) is 10.1. The maximum atomic E-state index is 13.7. The quantitative estimate of drug-likeness (QED) is 0.226. The number of fused-ring (bicyclic) bond motifs is 4. The number of nitrogens with zero attached hydrogens (tertiary/aromatic N) is 5. The van der Waals surface area contributed by atoms with E-state index in [0.717, 1.165) is 77.0 Å². The molecule has 2 aliphatic carbocycles. The van der Waals surface area contributed by atoms with E-state index in [0.29, 0.717) is 40.9 Å². The van der Waals surface area contributed by atoms with Crippen molar-refractivity contribution in [2.24, 2.45) is 24.6 Å². The topological polar surface area (TPSA) is 137 Å². The summed E-state index contributed by atoms with van der Waals surface area (Å²) in [6.45, 7) is 4.88. The highest BCUT2D eigenvalue weighted by molar-refractivity contribution is 7.95. The lowest BCUT2D eigenvalue weighted by atomic mass is 10.1. The fourth-order valence-electron chi connectivity index (χ4n) is 7.43. The zero-order chi connectivity index (χ0) is 32.6. The predicted octanol–water partition coefficient (Wildman–Crippen LogP) is 5.12. The second-order valence-electron chi connectivity index (χ2n) is 13.1. The van der Waals surface area contributed by atoms with Crippen LogP contribution in [0, 0.1) is 11.8 Å². The number of hydrogen-bond donors (Lipinski definition) is 2. The Bertz CT molecular complexity index is 2200. The number of carbonyl (C=O) groups is 1. The molecule has 242 valence electrons. The smallest absolute Gasteiger partial charge is 0.254 e. The molecule has 3 N–H and O–H groups in total. The molecule has 12 heteroatoms. The van der Waals surface area contributed by atoms with Gasteiger partial charge in [0.15, 0.2) is 5.82 Å². The predicted molar refractivity (Wildman–Crippen MR) is 182 cm³/mol. The van der Waals surface area contributed by atoms with Crippen LogP contribution in [0.15, 0.2) is 66.6 Å². The van der Waals surface area contributed by atoms with E-state index in [9.17, 15) is 13.2 Å². The number of likely N-dealkylation sites (tertiary alicyclic amines) is 1. The third kappa shape index (κ3) is 5.06. The average molecular weight is 652 g/mol. The lowest BCUT2D eigenvalue weighted by molar-refractivity contribution is 0.0700. The van der Waals surface area contributed by atoms with E-state index in [1.165, 1.54) is 0 Å². The number of benzene rings is 2. The van der Waals surface area contributed by atoms with E-state index in [1.54, 1.807) is 25.3 Å². The van der Waals surface area contributed by atoms with Gasteiger partial charge in [0.25, 0.3) is 15.9 Å². The molecule has 0 spiro atoms. The molecule has 0 radical (unpaired) electrons. The van der Waals surface area contributed by atoms with Crippen molar-refractivity contribution in [2.75, 3.05) is 18.4 Å². The normalized spacial score (nSPS) is 20.7. The Morgan fingerprint density at radius 3 is 2.64 bits per heavy atom. The Kier molecular flexibility index (Phi) is 6.92. The standard InChI is InChI=1S/C35H37N7O4S/c1-4-47(44,45)39-25-7-5-6-21(14-25)26-12-10-22-16-29(41(33(22)37-26)18-20-8-9-20)34-38-27-15-24(17-30(46-3)32(27)40(34)2)35(43)42-19-23-11-13-28(42)31(23)36/h4-7,10,12,14-17,20,23,28,31,39H,1,8-9,11,13,18-19,36H2,2-3H3/t23?,28?,31-/m1/s1. The minimum absolute atomic E-state index is 0.0269. The number of hydrogen-bond acceptors (Lipinski definition) is 7. The number of carbonyl (C=O) groups excluding carboxylic acids is 1. The molecule has 2 bridgehead atoms. The molecule has 1 amide bonds. The van der Waals surface area contributed by atoms with Crippen LogP contribution in [0.3, 0.4) is 0 Å². The molecule has 3 atom stereocenters. The second kappa shape index (κ2) is 11.0. The highest BCUT2D eigenvalue weighted by Crippen LogP contribution is 2.40. The van der Waals surface area contributed by atoms with Crippen molar-refractivity contribution in [1.29, 1.82) is 0 Å². The average Bonchev–Trinajstić information content (AvgIpc) is 3.47. The second-order valence-corrected chi connectivity index (χ2v) is 14.7. The number of pyridine rings is 1. The Balaban J connectivity index is 1.21. The summed E-state index contributed by atoms with van der Waals surface area (Å²) in [7, 11) is -0.0439. The van der Waals surface area contributed by atoms with Gasteiger partial charge in [-0.2, -0.15) is 0 Å². The molecule has 3 fully saturated rings. The molecule has 2 unspecified atom stereocenters. The molecule has 3 aromatic heterocycles. The van der Waals surface area contributed by atoms with Gasteiger partial charge in [-0.15, -0.1) is 0 Å². The van der Waals surface area contributed by atoms with Crippen LogP contribution in [0.4, 0.5) is 5.69 Å². The number of anilines is 1. The van der Waals surface area contributed by atoms with Crippen molar-refractivity contribution in [3.63, 3.8) is 0 Å². The SMILES string of the molecule is C=CS(=O)(=O)Nc1cccc(-c2ccc3cc(-c4nc5cc(C(=O)N6CC7CCC6[C@@H]7N)cc(OC)c5n4C)n(CC4CC4)c3n2)c1. The minimum atomic E-state index is -3.64. The molecule has 2 aromatic carbocycles. The Labute approximate surface area is 273 Å². The van der Waals surface area contributed by atoms with Crippen molar-refractivity contribution >= 4 is 43.7 Å². The Morgan fingerprint density at radius 1 is 1.11 bits per heavy atom. The van der Waals surface area contributed by atoms with Gasteiger partial charge in [-0.1, -0.05) is 18.7 Å². The zero-order valence-electron chi connectivity index (χ0n) is 26.4. The zero-order valence-corrected chi connectivity index (χ0v) is 27.2. The number of imidazole rings is 1. The number of nitrogens with one attached hydrogen (secondary N) is 1. The summed E-state index contributed by atoms with van der Waals surface area (Å²) < 4.78 is 36.8. The van der Waals surface area contributed by atoms with Crippen LogP contribution in [-0.2, 0) is 23.6 Å². The molecule has 47 heavy (non-hydrogen) atoms. The molecule has 3 aliphatic rings. The summed E-state index contributed by atoms with van der Waals surface area (Å²) in [4.78, 5) is 25.9. The Hall–Kier alpha value is -4.68. The first-order valence-corrected chi connectivity index (χ1v) is 17.6. The molecule has 8 rings (SSSR count). The molecule has 4 heterocycles. The lowest BCUT2D eigenvalue weighted by Crippen LogP contribution is -2.41. The molecule has 1 saturated heterocycles. The highest BCUT2D eigenvalue weighted by Gasteiger charge is 2.47. The van der Waals surface area contributed by atoms with Crippen molar-refractivity contribution in [1.82, 2.24) is 24.0 Å². The monoisotopic (exact) mass is 651 g/mol. The Morgan fingerprint density at radius 2 is 1.94 bits per heavy atom. The summed E-state index contributed by atoms with van der Waals surface area (Å²) in [5.74, 6) is 2.25. The number of amides is 1. The number of sulfonamides is 1. The maximum Gasteiger partial charge on any atom is 0.254 e. The third-order valence-corrected chi connectivity index (χ3v) is 11.0. The fraction of sp³-hybridized carbons (Fsp3) is 0.343. The van der Waals surface area contributed by atoms with E-state index in [4.69, 9.17) is 20.4 Å². The van der Waals surface area contributed by atoms with Gasteiger partial charge >= 0.3 is 0 Å². The van der Waals surface area contributed by atoms with Gasteiger partial charge in [0.2, 0.25) is 0 Å². The number of methoxy groups -OCH3 is 1. The summed E-state index contributed by atoms with van der Waals surface area (Å²) >= 11 is 0. The van der Waals surface area contributed by atoms with Crippen molar-refractivity contribution in [2.45, 2.75) is 44.3 Å². The first-order chi connectivity index (χ1) is 22.6. The maximum absolute atomic E-state index is 13.7. The number of nitrogens with two attached hydrogens (primary N) is 1. The van der Waals surface area contributed by atoms with Crippen molar-refractivity contribution in [3.05, 3.63) is 72.1 Å². The van der Waals surface area contributed by atoms with Gasteiger partial charge in [-0.25, -0.2) is 18.4 Å². The number of piperidine rings is 1. The van der Waals surface area contributed by atoms with Crippen LogP contribution < -0.4 is 15.2 Å². The minimum Gasteiger partial charge on any atom is -0.494 e. The molecule has 11 nitrogen and oxygen atoms in total. The number of aromatic nitrogens is 4. The van der Waals surface area contributed by atoms with E-state index in [1.807, 2.05) is 46.8 Å². The van der Waals surface area contributed by atoms with Crippen LogP contribution in [0.5, 0.6) is 5.75 Å². The first kappa shape index (κ1) is 29.7. The van der Waals surface area contributed by atoms with Crippen LogP contribution in [0.1, 0.15) is 36.0 Å². The van der Waals surface area contributed by atoms with Gasteiger partial charge in [-0.3, -0.25) is 9.52 Å². The largest absolute Gasteiger partial charge is 0.494 e. The van der Waals surface area contributed by atoms with Crippen molar-refractivity contribution < 1.29 is 17.9 Å². The van der Waals surface area contributed by atoms with E-state index < -0.39 is 10.0 Å². The lowest BCUT2D eigenvalue weighted by Gasteiger charge is -2.27. The molecular formula is C35H37N7O4S. The number of ether oxygens (including phenoxy) is 1. The first-order valence-electron chi connectivity index (χ1n) is 16.0. The van der Waals surface area contributed by atoms with Crippen molar-refractivity contribution in [3.8, 4) is 28.5 Å². The van der Waals surface area contributed by atoms with Crippen LogP contribution >= 0.6 is 0 Å². The van der Waals surface area contributed by atoms with Gasteiger partial charge in [0.05, 0.1) is 24.0 Å². The van der Waals surface area contributed by atoms with Crippen LogP contribution in [0.2, 0.25) is 0 Å². The summed E-state index contributed by atoms with van der Waals surface area (Å²) in [6, 6.07) is 17.1. The van der Waals surface area contributed by atoms with E-state index in [2.05, 4.69) is 21.9 Å². The fourth-order valence-corrected chi connectivity index (χ4v) is 7.97. The molecular weight excluding hydrogens is 614 g/mol. The van der Waals surface area contributed by atoms with Gasteiger partial charge < -0.3 is 24.5 Å². The molecule has 5 aromatic rings. The van der Waals surface area contributed by atoms with E-state index in [-0.39, 0.29) is 18.0 Å². The number of aryl methyl sites for hydroxylation is 1. The van der Waals surface area contributed by atoms with Crippen LogP contribution in [-0.4, -0.2) is 64.1 Å². The number of rotatable bonds is 9. The summed E-state index contributed by atoms with van der Waals surface area (Å²) in [6.07, 6.45) is 4.35. The summed E-state index contributed by atoms with van der Waals surface area (Å²) in [5, 5.41) is 1.86. The van der Waals surface area contributed by atoms with E-state index >= 15 is 0 Å². The highest BCUT2D eigenvalue weighted by atomic mass is 32.2. The summed E-state index contributed by atoms with van der Waals surface area (Å²) in [5.41, 5.74) is 12.2. The van der Waals surface area contributed by atoms with Gasteiger partial charge in [0.1, 0.15) is 16.9 Å².